The minimum absolute atomic E-state index is 0.834. The molecule has 0 bridgehead atoms. The molecule has 1 heteroatoms. The third-order valence-corrected chi connectivity index (χ3v) is 1.30. The van der Waals surface area contributed by atoms with Gasteiger partial charge in [-0.15, -0.1) is 0 Å². The first kappa shape index (κ1) is 7.83. The predicted molar refractivity (Wildman–Crippen MR) is 42.4 cm³/mol. The Labute approximate surface area is 56.7 Å². The molecule has 0 fully saturated rings. The van der Waals surface area contributed by atoms with Crippen molar-refractivity contribution in [3.8, 4) is 0 Å². The Balaban J connectivity index is 3.72. The predicted octanol–water partition coefficient (Wildman–Crippen LogP) is 2.44. The van der Waals surface area contributed by atoms with Crippen LogP contribution >= 0.6 is 12.6 Å². The Morgan fingerprint density at radius 1 is 1.50 bits per heavy atom. The first-order valence-electron chi connectivity index (χ1n) is 2.74. The van der Waals surface area contributed by atoms with Gasteiger partial charge in [-0.1, -0.05) is 18.2 Å². The van der Waals surface area contributed by atoms with Crippen molar-refractivity contribution >= 4 is 12.6 Å². The molecule has 0 aliphatic rings. The van der Waals surface area contributed by atoms with E-state index in [9.17, 15) is 0 Å². The summed E-state index contributed by atoms with van der Waals surface area (Å²) in [4.78, 5) is 0. The highest BCUT2D eigenvalue weighted by atomic mass is 32.1. The molecular formula is C7H12S. The second kappa shape index (κ2) is 4.98. The molecule has 0 unspecified atom stereocenters. The van der Waals surface area contributed by atoms with Crippen LogP contribution < -0.4 is 0 Å². The van der Waals surface area contributed by atoms with E-state index in [-0.39, 0.29) is 0 Å². The minimum atomic E-state index is 0.834. The highest BCUT2D eigenvalue weighted by molar-refractivity contribution is 7.80. The molecule has 0 radical (unpaired) electrons. The summed E-state index contributed by atoms with van der Waals surface area (Å²) in [7, 11) is 0. The fraction of sp³-hybridized carbons (Fsp3) is 0.429. The van der Waals surface area contributed by atoms with Crippen LogP contribution in [0, 0.1) is 0 Å². The summed E-state index contributed by atoms with van der Waals surface area (Å²) in [5.74, 6) is 0.834. The van der Waals surface area contributed by atoms with Crippen LogP contribution in [-0.4, -0.2) is 5.75 Å². The lowest BCUT2D eigenvalue weighted by molar-refractivity contribution is 1.49. The highest BCUT2D eigenvalue weighted by Gasteiger charge is 1.80. The van der Waals surface area contributed by atoms with E-state index in [4.69, 9.17) is 0 Å². The number of rotatable bonds is 2. The van der Waals surface area contributed by atoms with Crippen LogP contribution in [-0.2, 0) is 0 Å². The number of allylic oxidation sites excluding steroid dienone is 3. The maximum atomic E-state index is 4.11. The third-order valence-electron chi connectivity index (χ3n) is 0.934. The third kappa shape index (κ3) is 2.92. The summed E-state index contributed by atoms with van der Waals surface area (Å²) in [6, 6.07) is 0. The van der Waals surface area contributed by atoms with Crippen molar-refractivity contribution in [2.75, 3.05) is 5.75 Å². The molecule has 0 atom stereocenters. The molecule has 0 nitrogen and oxygen atoms in total. The van der Waals surface area contributed by atoms with Crippen molar-refractivity contribution < 1.29 is 0 Å². The summed E-state index contributed by atoms with van der Waals surface area (Å²) in [6.45, 7) is 4.03. The van der Waals surface area contributed by atoms with Crippen molar-refractivity contribution in [3.05, 3.63) is 23.8 Å². The summed E-state index contributed by atoms with van der Waals surface area (Å²) in [5.41, 5.74) is 1.27. The fourth-order valence-corrected chi connectivity index (χ4v) is 0.742. The number of thiol groups is 1. The van der Waals surface area contributed by atoms with Crippen LogP contribution in [0.5, 0.6) is 0 Å². The summed E-state index contributed by atoms with van der Waals surface area (Å²) < 4.78 is 0. The minimum Gasteiger partial charge on any atom is -0.175 e. The number of hydrogen-bond acceptors (Lipinski definition) is 1. The van der Waals surface area contributed by atoms with E-state index in [1.54, 1.807) is 0 Å². The van der Waals surface area contributed by atoms with Crippen LogP contribution in [0.15, 0.2) is 23.8 Å². The van der Waals surface area contributed by atoms with Gasteiger partial charge < -0.3 is 0 Å². The molecule has 0 aromatic carbocycles. The van der Waals surface area contributed by atoms with Gasteiger partial charge in [0.25, 0.3) is 0 Å². The first-order valence-corrected chi connectivity index (χ1v) is 3.37. The average Bonchev–Trinajstić information content (AvgIpc) is 1.83. The van der Waals surface area contributed by atoms with Crippen molar-refractivity contribution in [3.63, 3.8) is 0 Å². The molecule has 0 spiro atoms. The highest BCUT2D eigenvalue weighted by Crippen LogP contribution is 1.97. The molecular weight excluding hydrogens is 116 g/mol. The Morgan fingerprint density at radius 3 is 2.25 bits per heavy atom. The SMILES string of the molecule is CC=CC(=CC)CS. The summed E-state index contributed by atoms with van der Waals surface area (Å²) >= 11 is 4.11. The van der Waals surface area contributed by atoms with Gasteiger partial charge in [-0.05, 0) is 19.4 Å². The molecule has 0 amide bonds. The molecule has 0 rings (SSSR count). The monoisotopic (exact) mass is 128 g/mol. The van der Waals surface area contributed by atoms with E-state index in [0.717, 1.165) is 5.75 Å². The van der Waals surface area contributed by atoms with Gasteiger partial charge in [0.1, 0.15) is 0 Å². The first-order chi connectivity index (χ1) is 3.85. The van der Waals surface area contributed by atoms with Crippen LogP contribution in [0.1, 0.15) is 13.8 Å². The van der Waals surface area contributed by atoms with Gasteiger partial charge in [-0.3, -0.25) is 0 Å². The van der Waals surface area contributed by atoms with E-state index in [0.29, 0.717) is 0 Å². The zero-order valence-corrected chi connectivity index (χ0v) is 6.28. The lowest BCUT2D eigenvalue weighted by Gasteiger charge is -1.89. The molecule has 0 aromatic heterocycles. The Morgan fingerprint density at radius 2 is 2.12 bits per heavy atom. The van der Waals surface area contributed by atoms with Gasteiger partial charge in [0.15, 0.2) is 0 Å². The second-order valence-electron chi connectivity index (χ2n) is 1.52. The Bertz CT molecular complexity index is 98.2. The molecule has 46 valence electrons. The Hall–Kier alpha value is -0.170. The number of hydrogen-bond donors (Lipinski definition) is 1. The summed E-state index contributed by atoms with van der Waals surface area (Å²) in [5, 5.41) is 0. The molecule has 0 heterocycles. The van der Waals surface area contributed by atoms with Gasteiger partial charge >= 0.3 is 0 Å². The van der Waals surface area contributed by atoms with Crippen molar-refractivity contribution in [2.24, 2.45) is 0 Å². The fourth-order valence-electron chi connectivity index (χ4n) is 0.454. The van der Waals surface area contributed by atoms with Gasteiger partial charge in [-0.2, -0.15) is 12.6 Å². The van der Waals surface area contributed by atoms with Gasteiger partial charge in [-0.25, -0.2) is 0 Å². The maximum absolute atomic E-state index is 4.11. The lowest BCUT2D eigenvalue weighted by Crippen LogP contribution is -1.75. The Kier molecular flexibility index (Phi) is 4.87. The van der Waals surface area contributed by atoms with E-state index in [2.05, 4.69) is 24.8 Å². The van der Waals surface area contributed by atoms with Gasteiger partial charge in [0, 0.05) is 5.75 Å². The maximum Gasteiger partial charge on any atom is 0.0150 e. The molecule has 0 saturated carbocycles. The molecule has 0 N–H and O–H groups in total. The van der Waals surface area contributed by atoms with Crippen molar-refractivity contribution in [1.82, 2.24) is 0 Å². The lowest BCUT2D eigenvalue weighted by atomic mass is 10.3. The van der Waals surface area contributed by atoms with E-state index in [1.165, 1.54) is 5.57 Å². The molecule has 0 aliphatic heterocycles. The van der Waals surface area contributed by atoms with Gasteiger partial charge in [0.05, 0.1) is 0 Å². The topological polar surface area (TPSA) is 0 Å². The average molecular weight is 128 g/mol. The quantitative estimate of drug-likeness (QED) is 0.428. The zero-order chi connectivity index (χ0) is 6.41. The van der Waals surface area contributed by atoms with E-state index >= 15 is 0 Å². The molecule has 0 aromatic rings. The van der Waals surface area contributed by atoms with Crippen molar-refractivity contribution in [2.45, 2.75) is 13.8 Å². The van der Waals surface area contributed by atoms with Crippen LogP contribution in [0.3, 0.4) is 0 Å². The molecule has 0 saturated heterocycles. The zero-order valence-electron chi connectivity index (χ0n) is 5.39. The standard InChI is InChI=1S/C7H12S/c1-3-5-7(4-2)6-8/h3-5,8H,6H2,1-2H3. The summed E-state index contributed by atoms with van der Waals surface area (Å²) in [6.07, 6.45) is 6.14. The van der Waals surface area contributed by atoms with Crippen molar-refractivity contribution in [1.29, 1.82) is 0 Å². The van der Waals surface area contributed by atoms with Crippen LogP contribution in [0.25, 0.3) is 0 Å². The normalized spacial score (nSPS) is 13.1. The van der Waals surface area contributed by atoms with Gasteiger partial charge in [0.2, 0.25) is 0 Å². The smallest absolute Gasteiger partial charge is 0.0150 e. The molecule has 0 aliphatic carbocycles. The van der Waals surface area contributed by atoms with E-state index in [1.807, 2.05) is 19.9 Å². The second-order valence-corrected chi connectivity index (χ2v) is 1.84. The van der Waals surface area contributed by atoms with E-state index < -0.39 is 0 Å². The molecule has 8 heavy (non-hydrogen) atoms. The van der Waals surface area contributed by atoms with Crippen LogP contribution in [0.4, 0.5) is 0 Å². The largest absolute Gasteiger partial charge is 0.175 e. The van der Waals surface area contributed by atoms with Crippen LogP contribution in [0.2, 0.25) is 0 Å².